The van der Waals surface area contributed by atoms with Gasteiger partial charge in [-0.25, -0.2) is 0 Å². The van der Waals surface area contributed by atoms with Crippen molar-refractivity contribution < 1.29 is 14.0 Å². The number of amides is 2. The van der Waals surface area contributed by atoms with Crippen LogP contribution in [-0.4, -0.2) is 22.6 Å². The number of benzene rings is 1. The normalized spacial score (nSPS) is 17.0. The predicted molar refractivity (Wildman–Crippen MR) is 82.5 cm³/mol. The summed E-state index contributed by atoms with van der Waals surface area (Å²) in [6.07, 6.45) is 1.62. The first-order valence-electron chi connectivity index (χ1n) is 6.59. The first-order valence-corrected chi connectivity index (χ1v) is 7.41. The summed E-state index contributed by atoms with van der Waals surface area (Å²) in [5, 5.41) is -0.233. The molecule has 0 N–H and O–H groups in total. The molecule has 1 aliphatic rings. The van der Waals surface area contributed by atoms with E-state index in [2.05, 4.69) is 0 Å². The summed E-state index contributed by atoms with van der Waals surface area (Å²) < 4.78 is 5.71. The van der Waals surface area contributed by atoms with E-state index < -0.39 is 0 Å². The highest BCUT2D eigenvalue weighted by molar-refractivity contribution is 8.18. The van der Waals surface area contributed by atoms with Gasteiger partial charge >= 0.3 is 0 Å². The van der Waals surface area contributed by atoms with Crippen molar-refractivity contribution in [1.29, 1.82) is 0 Å². The predicted octanol–water partition coefficient (Wildman–Crippen LogP) is 4.00. The third-order valence-electron chi connectivity index (χ3n) is 3.15. The van der Waals surface area contributed by atoms with Gasteiger partial charge in [0, 0.05) is 18.2 Å². The van der Waals surface area contributed by atoms with Crippen molar-refractivity contribution >= 4 is 29.0 Å². The zero-order chi connectivity index (χ0) is 14.8. The Morgan fingerprint density at radius 2 is 1.90 bits per heavy atom. The summed E-state index contributed by atoms with van der Waals surface area (Å²) in [7, 11) is 0. The van der Waals surface area contributed by atoms with Crippen LogP contribution < -0.4 is 0 Å². The molecule has 0 aliphatic carbocycles. The second-order valence-electron chi connectivity index (χ2n) is 4.49. The molecule has 2 aromatic rings. The lowest BCUT2D eigenvalue weighted by atomic mass is 10.2. The van der Waals surface area contributed by atoms with Gasteiger partial charge in [-0.05, 0) is 30.8 Å². The Morgan fingerprint density at radius 1 is 1.14 bits per heavy atom. The van der Waals surface area contributed by atoms with E-state index in [-0.39, 0.29) is 11.1 Å². The Balaban J connectivity index is 1.87. The molecular formula is C16H13NO3S. The van der Waals surface area contributed by atoms with E-state index in [0.717, 1.165) is 23.1 Å². The number of thioether (sulfide) groups is 1. The number of nitrogens with zero attached hydrogens (tertiary/aromatic N) is 1. The quantitative estimate of drug-likeness (QED) is 0.804. The van der Waals surface area contributed by atoms with Gasteiger partial charge in [-0.2, -0.15) is 0 Å². The fourth-order valence-electron chi connectivity index (χ4n) is 2.09. The molecule has 0 atom stereocenters. The molecule has 1 fully saturated rings. The summed E-state index contributed by atoms with van der Waals surface area (Å²) in [4.78, 5) is 25.3. The van der Waals surface area contributed by atoms with Crippen molar-refractivity contribution in [1.82, 2.24) is 4.90 Å². The van der Waals surface area contributed by atoms with E-state index in [4.69, 9.17) is 4.42 Å². The number of rotatable bonds is 3. The molecule has 1 aromatic heterocycles. The molecule has 0 saturated carbocycles. The zero-order valence-electron chi connectivity index (χ0n) is 11.4. The Bertz CT molecular complexity index is 718. The largest absolute Gasteiger partial charge is 0.457 e. The Kier molecular flexibility index (Phi) is 3.66. The highest BCUT2D eigenvalue weighted by Crippen LogP contribution is 2.33. The van der Waals surface area contributed by atoms with Gasteiger partial charge in [0.05, 0.1) is 4.91 Å². The van der Waals surface area contributed by atoms with E-state index in [1.165, 1.54) is 4.90 Å². The van der Waals surface area contributed by atoms with Crippen LogP contribution in [0.25, 0.3) is 17.4 Å². The van der Waals surface area contributed by atoms with Crippen molar-refractivity contribution in [3.8, 4) is 11.3 Å². The maximum Gasteiger partial charge on any atom is 0.293 e. The standard InChI is InChI=1S/C16H13NO3S/c1-2-17-15(18)14(21-16(17)19)10-12-8-9-13(20-12)11-6-4-3-5-7-11/h3-10H,2H2,1H3. The third-order valence-corrected chi connectivity index (χ3v) is 4.06. The lowest BCUT2D eigenvalue weighted by Crippen LogP contribution is -2.27. The smallest absolute Gasteiger partial charge is 0.293 e. The molecule has 2 amide bonds. The van der Waals surface area contributed by atoms with Gasteiger partial charge in [-0.3, -0.25) is 14.5 Å². The van der Waals surface area contributed by atoms with E-state index >= 15 is 0 Å². The first kappa shape index (κ1) is 13.7. The van der Waals surface area contributed by atoms with Crippen LogP contribution in [0.4, 0.5) is 4.79 Å². The highest BCUT2D eigenvalue weighted by Gasteiger charge is 2.33. The number of likely N-dealkylation sites (N-methyl/N-ethyl adjacent to an activating group) is 1. The highest BCUT2D eigenvalue weighted by atomic mass is 32.2. The number of hydrogen-bond donors (Lipinski definition) is 0. The third kappa shape index (κ3) is 2.64. The molecule has 3 rings (SSSR count). The van der Waals surface area contributed by atoms with Crippen LogP contribution >= 0.6 is 11.8 Å². The number of imide groups is 1. The summed E-state index contributed by atoms with van der Waals surface area (Å²) in [5.41, 5.74) is 0.971. The molecule has 0 radical (unpaired) electrons. The van der Waals surface area contributed by atoms with Crippen LogP contribution in [0, 0.1) is 0 Å². The van der Waals surface area contributed by atoms with Crippen LogP contribution in [-0.2, 0) is 4.79 Å². The Morgan fingerprint density at radius 3 is 2.57 bits per heavy atom. The van der Waals surface area contributed by atoms with Crippen LogP contribution in [0.1, 0.15) is 12.7 Å². The maximum absolute atomic E-state index is 12.0. The van der Waals surface area contributed by atoms with Crippen molar-refractivity contribution in [2.75, 3.05) is 6.54 Å². The van der Waals surface area contributed by atoms with Gasteiger partial charge < -0.3 is 4.42 Å². The molecule has 0 unspecified atom stereocenters. The lowest BCUT2D eigenvalue weighted by Gasteiger charge is -2.06. The van der Waals surface area contributed by atoms with Crippen molar-refractivity contribution in [3.05, 3.63) is 53.1 Å². The molecule has 1 aliphatic heterocycles. The molecule has 1 saturated heterocycles. The minimum Gasteiger partial charge on any atom is -0.457 e. The Labute approximate surface area is 126 Å². The van der Waals surface area contributed by atoms with E-state index in [9.17, 15) is 9.59 Å². The summed E-state index contributed by atoms with van der Waals surface area (Å²) in [5.74, 6) is 1.04. The average molecular weight is 299 g/mol. The number of hydrogen-bond acceptors (Lipinski definition) is 4. The fourth-order valence-corrected chi connectivity index (χ4v) is 2.97. The molecule has 5 heteroatoms. The molecule has 0 spiro atoms. The molecule has 4 nitrogen and oxygen atoms in total. The van der Waals surface area contributed by atoms with Gasteiger partial charge in [0.15, 0.2) is 0 Å². The minimum atomic E-state index is -0.259. The van der Waals surface area contributed by atoms with E-state index in [0.29, 0.717) is 17.2 Å². The van der Waals surface area contributed by atoms with Gasteiger partial charge in [-0.1, -0.05) is 30.3 Å². The second kappa shape index (κ2) is 5.61. The fraction of sp³-hybridized carbons (Fsp3) is 0.125. The van der Waals surface area contributed by atoms with Crippen molar-refractivity contribution in [3.63, 3.8) is 0 Å². The van der Waals surface area contributed by atoms with Crippen LogP contribution in [0.5, 0.6) is 0 Å². The van der Waals surface area contributed by atoms with Crippen LogP contribution in [0.3, 0.4) is 0 Å². The summed E-state index contributed by atoms with van der Waals surface area (Å²) in [6, 6.07) is 13.4. The molecule has 0 bridgehead atoms. The van der Waals surface area contributed by atoms with Crippen LogP contribution in [0.2, 0.25) is 0 Å². The minimum absolute atomic E-state index is 0.233. The number of carbonyl (C=O) groups is 2. The summed E-state index contributed by atoms with van der Waals surface area (Å²) >= 11 is 0.945. The zero-order valence-corrected chi connectivity index (χ0v) is 12.2. The molecule has 21 heavy (non-hydrogen) atoms. The topological polar surface area (TPSA) is 50.5 Å². The summed E-state index contributed by atoms with van der Waals surface area (Å²) in [6.45, 7) is 2.16. The maximum atomic E-state index is 12.0. The molecule has 1 aromatic carbocycles. The van der Waals surface area contributed by atoms with Gasteiger partial charge in [0.25, 0.3) is 11.1 Å². The SMILES string of the molecule is CCN1C(=O)SC(=Cc2ccc(-c3ccccc3)o2)C1=O. The molecule has 2 heterocycles. The van der Waals surface area contributed by atoms with Crippen LogP contribution in [0.15, 0.2) is 51.8 Å². The Hall–Kier alpha value is -2.27. The van der Waals surface area contributed by atoms with Crippen molar-refractivity contribution in [2.24, 2.45) is 0 Å². The first-order chi connectivity index (χ1) is 10.2. The van der Waals surface area contributed by atoms with Gasteiger partial charge in [-0.15, -0.1) is 0 Å². The average Bonchev–Trinajstić information content (AvgIpc) is 3.06. The molecule has 106 valence electrons. The van der Waals surface area contributed by atoms with Crippen molar-refractivity contribution in [2.45, 2.75) is 6.92 Å². The van der Waals surface area contributed by atoms with E-state index in [1.807, 2.05) is 36.4 Å². The van der Waals surface area contributed by atoms with E-state index in [1.54, 1.807) is 19.1 Å². The van der Waals surface area contributed by atoms with Gasteiger partial charge in [0.1, 0.15) is 11.5 Å². The number of carbonyl (C=O) groups excluding carboxylic acids is 2. The lowest BCUT2D eigenvalue weighted by molar-refractivity contribution is -0.122. The monoisotopic (exact) mass is 299 g/mol. The number of furan rings is 1. The second-order valence-corrected chi connectivity index (χ2v) is 5.49. The van der Waals surface area contributed by atoms with Gasteiger partial charge in [0.2, 0.25) is 0 Å². The molecular weight excluding hydrogens is 286 g/mol.